The van der Waals surface area contributed by atoms with E-state index in [1.807, 2.05) is 0 Å². The molecule has 0 N–H and O–H groups in total. The Morgan fingerprint density at radius 1 is 0.800 bits per heavy atom. The van der Waals surface area contributed by atoms with Crippen molar-refractivity contribution in [2.75, 3.05) is 0 Å². The molecule has 6 nitrogen and oxygen atoms in total. The number of hydrogen-bond acceptors (Lipinski definition) is 4. The molecule has 0 unspecified atom stereocenters. The van der Waals surface area contributed by atoms with E-state index in [0.29, 0.717) is 0 Å². The van der Waals surface area contributed by atoms with Crippen molar-refractivity contribution in [2.45, 2.75) is 13.1 Å². The summed E-state index contributed by atoms with van der Waals surface area (Å²) in [5.74, 6) is 0. The Hall–Kier alpha value is -1.08. The van der Waals surface area contributed by atoms with Gasteiger partial charge in [-0.25, -0.2) is 9.36 Å². The lowest BCUT2D eigenvalue weighted by Crippen LogP contribution is -2.30. The van der Waals surface area contributed by atoms with Gasteiger partial charge in [-0.2, -0.15) is 10.2 Å². The lowest BCUT2D eigenvalue weighted by atomic mass is 10.5. The molecule has 0 amide bonds. The van der Waals surface area contributed by atoms with Crippen LogP contribution in [0.4, 0.5) is 0 Å². The van der Waals surface area contributed by atoms with Crippen molar-refractivity contribution < 1.29 is 0 Å². The third-order valence-corrected chi connectivity index (χ3v) is 3.91. The Bertz CT molecular complexity index is 705. The van der Waals surface area contributed by atoms with Crippen LogP contribution >= 0.6 is 46.4 Å². The van der Waals surface area contributed by atoms with E-state index in [2.05, 4.69) is 10.2 Å². The Morgan fingerprint density at radius 3 is 1.50 bits per heavy atom. The van der Waals surface area contributed by atoms with Crippen molar-refractivity contribution in [1.82, 2.24) is 19.6 Å². The first-order chi connectivity index (χ1) is 9.41. The maximum absolute atomic E-state index is 11.7. The number of nitrogens with zero attached hydrogens (tertiary/aromatic N) is 4. The molecule has 10 heteroatoms. The van der Waals surface area contributed by atoms with Gasteiger partial charge in [0.1, 0.15) is 10.0 Å². The van der Waals surface area contributed by atoms with Crippen LogP contribution in [-0.2, 0) is 13.1 Å². The van der Waals surface area contributed by atoms with Gasteiger partial charge in [-0.05, 0) is 0 Å². The lowest BCUT2D eigenvalue weighted by Gasteiger charge is -2.07. The smallest absolute Gasteiger partial charge is 0.266 e. The predicted octanol–water partition coefficient (Wildman–Crippen LogP) is 2.11. The highest BCUT2D eigenvalue weighted by atomic mass is 35.5. The summed E-state index contributed by atoms with van der Waals surface area (Å²) in [4.78, 5) is 23.5. The third kappa shape index (κ3) is 2.98. The predicted molar refractivity (Wildman–Crippen MR) is 77.0 cm³/mol. The summed E-state index contributed by atoms with van der Waals surface area (Å²) in [6.45, 7) is 0.168. The van der Waals surface area contributed by atoms with Crippen molar-refractivity contribution in [3.05, 3.63) is 53.2 Å². The lowest BCUT2D eigenvalue weighted by molar-refractivity contribution is 0.467. The fourth-order valence-electron chi connectivity index (χ4n) is 1.40. The summed E-state index contributed by atoms with van der Waals surface area (Å²) in [5.41, 5.74) is -1.10. The van der Waals surface area contributed by atoms with E-state index in [0.717, 1.165) is 9.36 Å². The summed E-state index contributed by atoms with van der Waals surface area (Å²) in [6, 6.07) is 0. The van der Waals surface area contributed by atoms with E-state index < -0.39 is 11.1 Å². The molecule has 0 aliphatic rings. The fraction of sp³-hybridized carbons (Fsp3) is 0.200. The monoisotopic (exact) mass is 354 g/mol. The van der Waals surface area contributed by atoms with Crippen LogP contribution in [0.1, 0.15) is 0 Å². The highest BCUT2D eigenvalue weighted by Gasteiger charge is 2.10. The first kappa shape index (κ1) is 15.3. The number of halogens is 4. The number of aryl methyl sites for hydroxylation is 2. The van der Waals surface area contributed by atoms with E-state index in [1.54, 1.807) is 0 Å². The van der Waals surface area contributed by atoms with E-state index >= 15 is 0 Å². The maximum Gasteiger partial charge on any atom is 0.287 e. The highest BCUT2D eigenvalue weighted by molar-refractivity contribution is 6.42. The van der Waals surface area contributed by atoms with Crippen LogP contribution in [0.2, 0.25) is 20.1 Å². The summed E-state index contributed by atoms with van der Waals surface area (Å²) >= 11 is 22.7. The highest BCUT2D eigenvalue weighted by Crippen LogP contribution is 2.15. The molecule has 0 bridgehead atoms. The van der Waals surface area contributed by atoms with Crippen molar-refractivity contribution in [1.29, 1.82) is 0 Å². The minimum atomic E-state index is -0.549. The molecular weight excluding hydrogens is 350 g/mol. The zero-order valence-corrected chi connectivity index (χ0v) is 12.7. The number of aromatic nitrogens is 4. The van der Waals surface area contributed by atoms with Crippen LogP contribution in [0.5, 0.6) is 0 Å². The average Bonchev–Trinajstić information content (AvgIpc) is 2.43. The molecule has 2 rings (SSSR count). The quantitative estimate of drug-likeness (QED) is 0.845. The minimum Gasteiger partial charge on any atom is -0.266 e. The Balaban J connectivity index is 2.26. The first-order valence-electron chi connectivity index (χ1n) is 5.24. The fourth-order valence-corrected chi connectivity index (χ4v) is 1.94. The summed E-state index contributed by atoms with van der Waals surface area (Å²) in [6.07, 6.45) is 2.49. The molecule has 2 aromatic rings. The number of hydrogen-bond donors (Lipinski definition) is 0. The van der Waals surface area contributed by atoms with Crippen LogP contribution in [0, 0.1) is 0 Å². The Morgan fingerprint density at radius 2 is 1.15 bits per heavy atom. The molecule has 0 saturated carbocycles. The second kappa shape index (κ2) is 6.13. The summed E-state index contributed by atoms with van der Waals surface area (Å²) in [7, 11) is 0. The van der Waals surface area contributed by atoms with Crippen molar-refractivity contribution in [2.24, 2.45) is 0 Å². The molecule has 0 aromatic carbocycles. The van der Waals surface area contributed by atoms with Crippen LogP contribution in [0.25, 0.3) is 0 Å². The molecule has 0 atom stereocenters. The zero-order chi connectivity index (χ0) is 14.9. The molecule has 2 aromatic heterocycles. The molecule has 20 heavy (non-hydrogen) atoms. The molecule has 0 aliphatic heterocycles. The van der Waals surface area contributed by atoms with Gasteiger partial charge in [0.05, 0.1) is 35.5 Å². The van der Waals surface area contributed by atoms with Gasteiger partial charge in [-0.15, -0.1) is 0 Å². The molecule has 2 heterocycles. The SMILES string of the molecule is O=c1c(Cl)c(Cl)cnn1CCn1ncc(Cl)c(Cl)c1=O. The van der Waals surface area contributed by atoms with Gasteiger partial charge >= 0.3 is 0 Å². The zero-order valence-electron chi connectivity index (χ0n) is 9.69. The Kier molecular flexibility index (Phi) is 4.70. The first-order valence-corrected chi connectivity index (χ1v) is 6.75. The van der Waals surface area contributed by atoms with Gasteiger partial charge in [0.15, 0.2) is 0 Å². The van der Waals surface area contributed by atoms with Crippen LogP contribution in [0.15, 0.2) is 22.0 Å². The van der Waals surface area contributed by atoms with E-state index in [9.17, 15) is 9.59 Å². The maximum atomic E-state index is 11.7. The van der Waals surface area contributed by atoms with Gasteiger partial charge in [-0.1, -0.05) is 46.4 Å². The van der Waals surface area contributed by atoms with Crippen LogP contribution < -0.4 is 11.1 Å². The van der Waals surface area contributed by atoms with Gasteiger partial charge < -0.3 is 0 Å². The molecule has 0 aliphatic carbocycles. The standard InChI is InChI=1S/C10H6Cl4N4O2/c11-5-3-15-17(9(19)7(5)13)1-2-18-10(20)8(14)6(12)4-16-18/h3-4H,1-2H2. The molecule has 106 valence electrons. The number of rotatable bonds is 3. The van der Waals surface area contributed by atoms with Gasteiger partial charge in [0.2, 0.25) is 0 Å². The molecular formula is C10H6Cl4N4O2. The van der Waals surface area contributed by atoms with E-state index in [4.69, 9.17) is 46.4 Å². The average molecular weight is 356 g/mol. The van der Waals surface area contributed by atoms with E-state index in [1.165, 1.54) is 12.4 Å². The molecule has 0 spiro atoms. The molecule has 0 saturated heterocycles. The van der Waals surface area contributed by atoms with Crippen molar-refractivity contribution in [3.63, 3.8) is 0 Å². The van der Waals surface area contributed by atoms with Crippen LogP contribution in [0.3, 0.4) is 0 Å². The van der Waals surface area contributed by atoms with Gasteiger partial charge in [-0.3, -0.25) is 9.59 Å². The van der Waals surface area contributed by atoms with Crippen LogP contribution in [-0.4, -0.2) is 19.6 Å². The topological polar surface area (TPSA) is 69.8 Å². The van der Waals surface area contributed by atoms with Crippen molar-refractivity contribution >= 4 is 46.4 Å². The van der Waals surface area contributed by atoms with Gasteiger partial charge in [0, 0.05) is 0 Å². The van der Waals surface area contributed by atoms with Crippen molar-refractivity contribution in [3.8, 4) is 0 Å². The molecule has 0 fully saturated rings. The minimum absolute atomic E-state index is 0.0674. The van der Waals surface area contributed by atoms with E-state index in [-0.39, 0.29) is 33.2 Å². The summed E-state index contributed by atoms with van der Waals surface area (Å²) < 4.78 is 2.15. The second-order valence-corrected chi connectivity index (χ2v) is 5.24. The third-order valence-electron chi connectivity index (χ3n) is 2.41. The normalized spacial score (nSPS) is 10.8. The second-order valence-electron chi connectivity index (χ2n) is 3.67. The largest absolute Gasteiger partial charge is 0.287 e. The Labute approximate surface area is 132 Å². The summed E-state index contributed by atoms with van der Waals surface area (Å²) in [5, 5.41) is 7.50. The van der Waals surface area contributed by atoms with Gasteiger partial charge in [0.25, 0.3) is 11.1 Å². The molecule has 0 radical (unpaired) electrons.